The zero-order valence-corrected chi connectivity index (χ0v) is 14.9. The Morgan fingerprint density at radius 2 is 1.73 bits per heavy atom. The van der Waals surface area contributed by atoms with Gasteiger partial charge in [-0.1, -0.05) is 36.4 Å². The normalized spacial score (nSPS) is 13.8. The van der Waals surface area contributed by atoms with Crippen LogP contribution in [0.4, 0.5) is 5.69 Å². The third-order valence-electron chi connectivity index (χ3n) is 5.54. The summed E-state index contributed by atoms with van der Waals surface area (Å²) in [5, 5.41) is 6.35. The van der Waals surface area contributed by atoms with Crippen LogP contribution < -0.4 is 5.32 Å². The summed E-state index contributed by atoms with van der Waals surface area (Å²) >= 11 is 0. The lowest BCUT2D eigenvalue weighted by Crippen LogP contribution is -2.13. The van der Waals surface area contributed by atoms with Gasteiger partial charge in [0.1, 0.15) is 0 Å². The monoisotopic (exact) mass is 341 g/mol. The largest absolute Gasteiger partial charge is 0.384 e. The molecule has 0 amide bonds. The molecule has 2 aromatic carbocycles. The van der Waals surface area contributed by atoms with Gasteiger partial charge in [0, 0.05) is 40.4 Å². The standard InChI is InChI=1S/C23H23N3/c1-4-10-20-17(7-1)16(15-25-20)13-14-24-23-18-8-2-5-11-21(18)26-22-12-6-3-9-19(22)23/h1-2,4-5,7-8,10-11,15,25H,3,6,9,12-14H2,(H,24,26). The molecule has 0 unspecified atom stereocenters. The first-order chi connectivity index (χ1) is 12.9. The van der Waals surface area contributed by atoms with Crippen molar-refractivity contribution in [3.63, 3.8) is 0 Å². The maximum absolute atomic E-state index is 4.93. The zero-order chi connectivity index (χ0) is 17.3. The van der Waals surface area contributed by atoms with Crippen LogP contribution in [0.15, 0.2) is 54.7 Å². The Bertz CT molecular complexity index is 1080. The van der Waals surface area contributed by atoms with Crippen molar-refractivity contribution in [2.45, 2.75) is 32.1 Å². The van der Waals surface area contributed by atoms with E-state index < -0.39 is 0 Å². The molecule has 3 nitrogen and oxygen atoms in total. The van der Waals surface area contributed by atoms with E-state index in [9.17, 15) is 0 Å². The van der Waals surface area contributed by atoms with Crippen molar-refractivity contribution < 1.29 is 0 Å². The van der Waals surface area contributed by atoms with E-state index in [0.29, 0.717) is 0 Å². The first-order valence-electron chi connectivity index (χ1n) is 9.59. The number of nitrogens with one attached hydrogen (secondary N) is 2. The summed E-state index contributed by atoms with van der Waals surface area (Å²) < 4.78 is 0. The molecular weight excluding hydrogens is 318 g/mol. The number of benzene rings is 2. The lowest BCUT2D eigenvalue weighted by molar-refractivity contribution is 0.672. The molecule has 130 valence electrons. The molecule has 0 saturated carbocycles. The maximum Gasteiger partial charge on any atom is 0.0726 e. The van der Waals surface area contributed by atoms with Crippen LogP contribution in [-0.2, 0) is 19.3 Å². The van der Waals surface area contributed by atoms with Crippen molar-refractivity contribution in [1.29, 1.82) is 0 Å². The molecule has 0 bridgehead atoms. The van der Waals surface area contributed by atoms with Crippen LogP contribution in [-0.4, -0.2) is 16.5 Å². The minimum absolute atomic E-state index is 0.933. The zero-order valence-electron chi connectivity index (χ0n) is 14.9. The number of hydrogen-bond donors (Lipinski definition) is 2. The smallest absolute Gasteiger partial charge is 0.0726 e. The SMILES string of the molecule is c1ccc2c(NCCc3c[nH]c4ccccc34)c3c(nc2c1)CCCC3. The molecule has 0 fully saturated rings. The van der Waals surface area contributed by atoms with Gasteiger partial charge in [0.15, 0.2) is 0 Å². The Labute approximate surface area is 153 Å². The van der Waals surface area contributed by atoms with Crippen molar-refractivity contribution in [3.05, 3.63) is 71.5 Å². The average molecular weight is 341 g/mol. The summed E-state index contributed by atoms with van der Waals surface area (Å²) in [7, 11) is 0. The Morgan fingerprint density at radius 3 is 2.69 bits per heavy atom. The van der Waals surface area contributed by atoms with Crippen molar-refractivity contribution in [1.82, 2.24) is 9.97 Å². The van der Waals surface area contributed by atoms with Crippen LogP contribution in [0.3, 0.4) is 0 Å². The number of para-hydroxylation sites is 2. The summed E-state index contributed by atoms with van der Waals surface area (Å²) in [5.74, 6) is 0. The van der Waals surface area contributed by atoms with E-state index in [-0.39, 0.29) is 0 Å². The highest BCUT2D eigenvalue weighted by Gasteiger charge is 2.17. The number of pyridine rings is 1. The quantitative estimate of drug-likeness (QED) is 0.532. The van der Waals surface area contributed by atoms with Gasteiger partial charge in [-0.15, -0.1) is 0 Å². The molecule has 0 atom stereocenters. The minimum atomic E-state index is 0.933. The van der Waals surface area contributed by atoms with Crippen molar-refractivity contribution in [2.75, 3.05) is 11.9 Å². The van der Waals surface area contributed by atoms with E-state index in [1.54, 1.807) is 0 Å². The molecule has 0 aliphatic heterocycles. The van der Waals surface area contributed by atoms with Crippen LogP contribution in [0.1, 0.15) is 29.7 Å². The van der Waals surface area contributed by atoms with Gasteiger partial charge < -0.3 is 10.3 Å². The fraction of sp³-hybridized carbons (Fsp3) is 0.261. The van der Waals surface area contributed by atoms with Crippen molar-refractivity contribution in [3.8, 4) is 0 Å². The fourth-order valence-corrected chi connectivity index (χ4v) is 4.24. The summed E-state index contributed by atoms with van der Waals surface area (Å²) in [5.41, 5.74) is 7.75. The number of H-pyrrole nitrogens is 1. The molecule has 2 heterocycles. The molecule has 0 saturated heterocycles. The summed E-state index contributed by atoms with van der Waals surface area (Å²) in [6, 6.07) is 17.1. The molecular formula is C23H23N3. The Morgan fingerprint density at radius 1 is 0.923 bits per heavy atom. The van der Waals surface area contributed by atoms with E-state index in [1.165, 1.54) is 51.6 Å². The molecule has 3 heteroatoms. The van der Waals surface area contributed by atoms with Gasteiger partial charge in [0.05, 0.1) is 5.52 Å². The number of hydrogen-bond acceptors (Lipinski definition) is 2. The Kier molecular flexibility index (Phi) is 3.85. The molecule has 1 aliphatic carbocycles. The molecule has 1 aliphatic rings. The third kappa shape index (κ3) is 2.64. The highest BCUT2D eigenvalue weighted by atomic mass is 14.9. The van der Waals surface area contributed by atoms with Gasteiger partial charge in [-0.3, -0.25) is 4.98 Å². The highest BCUT2D eigenvalue weighted by Crippen LogP contribution is 2.33. The topological polar surface area (TPSA) is 40.7 Å². The van der Waals surface area contributed by atoms with Gasteiger partial charge in [-0.25, -0.2) is 0 Å². The summed E-state index contributed by atoms with van der Waals surface area (Å²) in [4.78, 5) is 8.31. The van der Waals surface area contributed by atoms with Gasteiger partial charge in [-0.2, -0.15) is 0 Å². The number of nitrogens with zero attached hydrogens (tertiary/aromatic N) is 1. The molecule has 2 aromatic heterocycles. The van der Waals surface area contributed by atoms with E-state index in [1.807, 2.05) is 0 Å². The predicted molar refractivity (Wildman–Crippen MR) is 109 cm³/mol. The summed E-state index contributed by atoms with van der Waals surface area (Å²) in [6.07, 6.45) is 7.93. The van der Waals surface area contributed by atoms with E-state index in [0.717, 1.165) is 31.3 Å². The molecule has 5 rings (SSSR count). The van der Waals surface area contributed by atoms with Crippen LogP contribution >= 0.6 is 0 Å². The number of aromatic amines is 1. The van der Waals surface area contributed by atoms with Crippen LogP contribution in [0.2, 0.25) is 0 Å². The molecule has 2 N–H and O–H groups in total. The Hall–Kier alpha value is -2.81. The lowest BCUT2D eigenvalue weighted by Gasteiger charge is -2.21. The first-order valence-corrected chi connectivity index (χ1v) is 9.59. The third-order valence-corrected chi connectivity index (χ3v) is 5.54. The van der Waals surface area contributed by atoms with Gasteiger partial charge >= 0.3 is 0 Å². The highest BCUT2D eigenvalue weighted by molar-refractivity contribution is 5.93. The predicted octanol–water partition coefficient (Wildman–Crippen LogP) is 5.25. The average Bonchev–Trinajstić information content (AvgIpc) is 3.11. The molecule has 0 radical (unpaired) electrons. The number of anilines is 1. The fourth-order valence-electron chi connectivity index (χ4n) is 4.24. The van der Waals surface area contributed by atoms with Crippen molar-refractivity contribution in [2.24, 2.45) is 0 Å². The second-order valence-corrected chi connectivity index (χ2v) is 7.17. The molecule has 4 aromatic rings. The van der Waals surface area contributed by atoms with Gasteiger partial charge in [-0.05, 0) is 55.4 Å². The van der Waals surface area contributed by atoms with E-state index in [2.05, 4.69) is 65.0 Å². The van der Waals surface area contributed by atoms with E-state index >= 15 is 0 Å². The van der Waals surface area contributed by atoms with Gasteiger partial charge in [0.25, 0.3) is 0 Å². The molecule has 26 heavy (non-hydrogen) atoms. The summed E-state index contributed by atoms with van der Waals surface area (Å²) in [6.45, 7) is 0.933. The van der Waals surface area contributed by atoms with Crippen LogP contribution in [0.25, 0.3) is 21.8 Å². The second-order valence-electron chi connectivity index (χ2n) is 7.17. The Balaban J connectivity index is 1.45. The van der Waals surface area contributed by atoms with Crippen LogP contribution in [0.5, 0.6) is 0 Å². The first kappa shape index (κ1) is 15.4. The molecule has 0 spiro atoms. The van der Waals surface area contributed by atoms with Crippen molar-refractivity contribution >= 4 is 27.5 Å². The van der Waals surface area contributed by atoms with Crippen LogP contribution in [0, 0.1) is 0 Å². The van der Waals surface area contributed by atoms with E-state index in [4.69, 9.17) is 4.98 Å². The number of aromatic nitrogens is 2. The lowest BCUT2D eigenvalue weighted by atomic mass is 9.92. The second kappa shape index (κ2) is 6.49. The number of rotatable bonds is 4. The van der Waals surface area contributed by atoms with Gasteiger partial charge in [0.2, 0.25) is 0 Å². The number of aryl methyl sites for hydroxylation is 1. The maximum atomic E-state index is 4.93. The number of fused-ring (bicyclic) bond motifs is 3. The minimum Gasteiger partial charge on any atom is -0.384 e.